The van der Waals surface area contributed by atoms with E-state index in [1.807, 2.05) is 26.0 Å². The van der Waals surface area contributed by atoms with E-state index in [2.05, 4.69) is 20.4 Å². The van der Waals surface area contributed by atoms with E-state index in [4.69, 9.17) is 4.74 Å². The predicted octanol–water partition coefficient (Wildman–Crippen LogP) is 4.16. The second-order valence-corrected chi connectivity index (χ2v) is 7.78. The van der Waals surface area contributed by atoms with Crippen molar-refractivity contribution in [2.45, 2.75) is 64.9 Å². The lowest BCUT2D eigenvalue weighted by Gasteiger charge is -2.14. The zero-order valence-electron chi connectivity index (χ0n) is 16.5. The van der Waals surface area contributed by atoms with Gasteiger partial charge in [0.05, 0.1) is 12.0 Å². The number of carbonyl (C=O) groups excluding carboxylic acids is 1. The molecule has 1 aliphatic heterocycles. The van der Waals surface area contributed by atoms with Crippen molar-refractivity contribution in [2.24, 2.45) is 5.92 Å². The largest absolute Gasteiger partial charge is 0.490 e. The maximum absolute atomic E-state index is 12.5. The van der Waals surface area contributed by atoms with Gasteiger partial charge in [-0.1, -0.05) is 25.7 Å². The summed E-state index contributed by atoms with van der Waals surface area (Å²) < 4.78 is 7.37. The van der Waals surface area contributed by atoms with Gasteiger partial charge in [0.2, 0.25) is 5.91 Å². The maximum atomic E-state index is 12.5. The molecule has 2 aliphatic rings. The molecule has 7 heteroatoms. The first kappa shape index (κ1) is 18.7. The number of carbonyl (C=O) groups is 1. The fourth-order valence-electron chi connectivity index (χ4n) is 4.02. The van der Waals surface area contributed by atoms with E-state index < -0.39 is 0 Å². The van der Waals surface area contributed by atoms with Crippen molar-refractivity contribution >= 4 is 11.7 Å². The van der Waals surface area contributed by atoms with Gasteiger partial charge in [0.25, 0.3) is 0 Å². The third kappa shape index (κ3) is 4.24. The molecule has 2 aromatic heterocycles. The summed E-state index contributed by atoms with van der Waals surface area (Å²) in [5.74, 6) is 2.38. The van der Waals surface area contributed by atoms with Crippen molar-refractivity contribution in [1.82, 2.24) is 19.7 Å². The van der Waals surface area contributed by atoms with E-state index in [1.54, 1.807) is 17.0 Å². The van der Waals surface area contributed by atoms with Crippen molar-refractivity contribution in [3.63, 3.8) is 0 Å². The third-order valence-electron chi connectivity index (χ3n) is 5.46. The Morgan fingerprint density at radius 1 is 1.25 bits per heavy atom. The molecule has 0 spiro atoms. The quantitative estimate of drug-likeness (QED) is 0.812. The topological polar surface area (TPSA) is 81.9 Å². The molecule has 2 aromatic rings. The molecule has 148 valence electrons. The first-order valence-corrected chi connectivity index (χ1v) is 10.1. The molecule has 4 rings (SSSR count). The minimum Gasteiger partial charge on any atom is -0.490 e. The Morgan fingerprint density at radius 2 is 2.07 bits per heavy atom. The highest BCUT2D eigenvalue weighted by molar-refractivity contribution is 5.89. The smallest absolute Gasteiger partial charge is 0.225 e. The molecule has 0 bridgehead atoms. The molecule has 0 saturated heterocycles. The van der Waals surface area contributed by atoms with Crippen molar-refractivity contribution < 1.29 is 9.53 Å². The van der Waals surface area contributed by atoms with Gasteiger partial charge in [-0.15, -0.1) is 0 Å². The average molecular weight is 381 g/mol. The Balaban J connectivity index is 1.54. The normalized spacial score (nSPS) is 19.1. The molecule has 1 saturated carbocycles. The highest BCUT2D eigenvalue weighted by Crippen LogP contribution is 2.29. The number of hydrogen-bond acceptors (Lipinski definition) is 5. The second kappa shape index (κ2) is 8.12. The number of ether oxygens (including phenoxy) is 1. The number of nitrogens with one attached hydrogen (secondary N) is 1. The predicted molar refractivity (Wildman–Crippen MR) is 106 cm³/mol. The van der Waals surface area contributed by atoms with Crippen LogP contribution in [0.3, 0.4) is 0 Å². The van der Waals surface area contributed by atoms with Gasteiger partial charge in [0, 0.05) is 24.6 Å². The van der Waals surface area contributed by atoms with Crippen molar-refractivity contribution in [1.29, 1.82) is 0 Å². The fourth-order valence-corrected chi connectivity index (χ4v) is 4.02. The van der Waals surface area contributed by atoms with E-state index >= 15 is 0 Å². The zero-order chi connectivity index (χ0) is 19.5. The molecule has 1 atom stereocenters. The van der Waals surface area contributed by atoms with Gasteiger partial charge in [0.15, 0.2) is 17.7 Å². The number of hydrogen-bond donors (Lipinski definition) is 1. The van der Waals surface area contributed by atoms with Crippen LogP contribution in [-0.4, -0.2) is 25.7 Å². The SMILES string of the molecule is Cc1cc(C)n(-c2cc(NC(=O)CCC3CCCC3)nc(C3CC=CO3)n2)n1. The van der Waals surface area contributed by atoms with Gasteiger partial charge in [-0.3, -0.25) is 4.79 Å². The van der Waals surface area contributed by atoms with Gasteiger partial charge >= 0.3 is 0 Å². The van der Waals surface area contributed by atoms with Crippen LogP contribution in [0.1, 0.15) is 68.3 Å². The Kier molecular flexibility index (Phi) is 5.41. The molecule has 3 heterocycles. The summed E-state index contributed by atoms with van der Waals surface area (Å²) in [4.78, 5) is 21.7. The van der Waals surface area contributed by atoms with Gasteiger partial charge in [0.1, 0.15) is 5.82 Å². The highest BCUT2D eigenvalue weighted by Gasteiger charge is 2.21. The first-order valence-electron chi connectivity index (χ1n) is 10.1. The van der Waals surface area contributed by atoms with E-state index in [0.717, 1.165) is 24.2 Å². The van der Waals surface area contributed by atoms with Crippen molar-refractivity contribution in [3.8, 4) is 5.82 Å². The van der Waals surface area contributed by atoms with Gasteiger partial charge in [-0.25, -0.2) is 14.6 Å². The molecular weight excluding hydrogens is 354 g/mol. The fraction of sp³-hybridized carbons (Fsp3) is 0.524. The molecule has 1 aliphatic carbocycles. The van der Waals surface area contributed by atoms with Crippen LogP contribution in [-0.2, 0) is 9.53 Å². The summed E-state index contributed by atoms with van der Waals surface area (Å²) in [5, 5.41) is 7.47. The average Bonchev–Trinajstić information content (AvgIpc) is 3.42. The number of anilines is 1. The molecule has 1 amide bonds. The Hall–Kier alpha value is -2.70. The minimum atomic E-state index is -0.231. The lowest BCUT2D eigenvalue weighted by molar-refractivity contribution is -0.116. The van der Waals surface area contributed by atoms with Gasteiger partial charge < -0.3 is 10.1 Å². The van der Waals surface area contributed by atoms with Gasteiger partial charge in [-0.05, 0) is 38.3 Å². The highest BCUT2D eigenvalue weighted by atomic mass is 16.5. The van der Waals surface area contributed by atoms with Crippen LogP contribution in [0.25, 0.3) is 5.82 Å². The molecule has 7 nitrogen and oxygen atoms in total. The van der Waals surface area contributed by atoms with E-state index in [1.165, 1.54) is 25.7 Å². The zero-order valence-corrected chi connectivity index (χ0v) is 16.5. The summed E-state index contributed by atoms with van der Waals surface area (Å²) in [5.41, 5.74) is 1.89. The molecule has 0 radical (unpaired) electrons. The monoisotopic (exact) mass is 381 g/mol. The van der Waals surface area contributed by atoms with E-state index in [9.17, 15) is 4.79 Å². The third-order valence-corrected chi connectivity index (χ3v) is 5.46. The van der Waals surface area contributed by atoms with E-state index in [-0.39, 0.29) is 12.0 Å². The summed E-state index contributed by atoms with van der Waals surface area (Å²) in [6.07, 6.45) is 10.7. The summed E-state index contributed by atoms with van der Waals surface area (Å²) in [6.45, 7) is 3.93. The molecule has 28 heavy (non-hydrogen) atoms. The van der Waals surface area contributed by atoms with Crippen LogP contribution in [0.2, 0.25) is 0 Å². The Bertz CT molecular complexity index is 875. The van der Waals surface area contributed by atoms with Gasteiger partial charge in [-0.2, -0.15) is 5.10 Å². The second-order valence-electron chi connectivity index (χ2n) is 7.78. The number of amides is 1. The summed E-state index contributed by atoms with van der Waals surface area (Å²) in [7, 11) is 0. The first-order chi connectivity index (χ1) is 13.6. The van der Waals surface area contributed by atoms with Crippen molar-refractivity contribution in [3.05, 3.63) is 41.7 Å². The Labute approximate surface area is 165 Å². The molecular formula is C21H27N5O2. The standard InChI is InChI=1S/C21H27N5O2/c1-14-12-15(2)26(25-14)19-13-18(23-21(24-19)17-8-5-11-28-17)22-20(27)10-9-16-6-3-4-7-16/h5,11-13,16-17H,3-4,6-10H2,1-2H3,(H,22,23,24,27). The summed E-state index contributed by atoms with van der Waals surface area (Å²) in [6, 6.07) is 3.77. The van der Waals surface area contributed by atoms with Crippen LogP contribution in [0, 0.1) is 19.8 Å². The molecule has 1 N–H and O–H groups in total. The molecule has 0 aromatic carbocycles. The summed E-state index contributed by atoms with van der Waals surface area (Å²) >= 11 is 0. The van der Waals surface area contributed by atoms with Crippen LogP contribution in [0.4, 0.5) is 5.82 Å². The van der Waals surface area contributed by atoms with Crippen molar-refractivity contribution in [2.75, 3.05) is 5.32 Å². The maximum Gasteiger partial charge on any atom is 0.225 e. The number of aromatic nitrogens is 4. The van der Waals surface area contributed by atoms with Crippen LogP contribution >= 0.6 is 0 Å². The number of rotatable bonds is 6. The molecule has 1 fully saturated rings. The van der Waals surface area contributed by atoms with Crippen LogP contribution in [0.15, 0.2) is 24.5 Å². The minimum absolute atomic E-state index is 0.00123. The Morgan fingerprint density at radius 3 is 2.75 bits per heavy atom. The number of nitrogens with zero attached hydrogens (tertiary/aromatic N) is 4. The van der Waals surface area contributed by atoms with Crippen LogP contribution < -0.4 is 5.32 Å². The van der Waals surface area contributed by atoms with E-state index in [0.29, 0.717) is 29.8 Å². The number of aryl methyl sites for hydroxylation is 2. The lowest BCUT2D eigenvalue weighted by Crippen LogP contribution is -2.17. The van der Waals surface area contributed by atoms with Crippen LogP contribution in [0.5, 0.6) is 0 Å². The molecule has 1 unspecified atom stereocenters. The lowest BCUT2D eigenvalue weighted by atomic mass is 10.0.